The van der Waals surface area contributed by atoms with Crippen molar-refractivity contribution >= 4 is 28.6 Å². The predicted molar refractivity (Wildman–Crippen MR) is 96.9 cm³/mol. The molecule has 6 heteroatoms. The molecule has 0 fully saturated rings. The molecule has 0 spiro atoms. The van der Waals surface area contributed by atoms with E-state index in [9.17, 15) is 9.90 Å². The molecule has 128 valence electrons. The number of esters is 1. The largest absolute Gasteiger partial charge is 0.460 e. The van der Waals surface area contributed by atoms with Gasteiger partial charge in [-0.25, -0.2) is 0 Å². The molecule has 2 N–H and O–H groups in total. The van der Waals surface area contributed by atoms with E-state index < -0.39 is 6.10 Å². The quantitative estimate of drug-likeness (QED) is 0.610. The van der Waals surface area contributed by atoms with Crippen LogP contribution in [0.1, 0.15) is 30.0 Å². The van der Waals surface area contributed by atoms with Gasteiger partial charge in [0.1, 0.15) is 12.7 Å². The van der Waals surface area contributed by atoms with E-state index in [2.05, 4.69) is 11.8 Å². The summed E-state index contributed by atoms with van der Waals surface area (Å²) in [5, 5.41) is 18.0. The number of aliphatic hydroxyl groups excluding tert-OH is 2. The Balaban J connectivity index is 1.96. The average molecular weight is 364 g/mol. The van der Waals surface area contributed by atoms with Crippen LogP contribution in [0.2, 0.25) is 0 Å². The van der Waals surface area contributed by atoms with Crippen LogP contribution in [0.3, 0.4) is 0 Å². The zero-order valence-corrected chi connectivity index (χ0v) is 15.2. The van der Waals surface area contributed by atoms with E-state index in [0.717, 1.165) is 19.5 Å². The third kappa shape index (κ3) is 5.77. The minimum atomic E-state index is -1.01. The summed E-state index contributed by atoms with van der Waals surface area (Å²) in [7, 11) is 0. The van der Waals surface area contributed by atoms with Crippen LogP contribution in [0.4, 0.5) is 0 Å². The number of carbonyl (C=O) groups is 1. The van der Waals surface area contributed by atoms with E-state index in [4.69, 9.17) is 9.84 Å². The van der Waals surface area contributed by atoms with Crippen LogP contribution < -0.4 is 0 Å². The molecule has 0 amide bonds. The lowest BCUT2D eigenvalue weighted by molar-refractivity contribution is -0.145. The van der Waals surface area contributed by atoms with Gasteiger partial charge in [0.15, 0.2) is 0 Å². The summed E-state index contributed by atoms with van der Waals surface area (Å²) in [6.45, 7) is 3.91. The van der Waals surface area contributed by atoms with Crippen molar-refractivity contribution in [2.75, 3.05) is 6.61 Å². The molecule has 24 heavy (non-hydrogen) atoms. The van der Waals surface area contributed by atoms with Crippen LogP contribution in [-0.2, 0) is 16.1 Å². The lowest BCUT2D eigenvalue weighted by Crippen LogP contribution is -2.07. The third-order valence-electron chi connectivity index (χ3n) is 3.00. The van der Waals surface area contributed by atoms with Gasteiger partial charge in [-0.1, -0.05) is 25.7 Å². The van der Waals surface area contributed by atoms with Crippen molar-refractivity contribution < 1.29 is 19.7 Å². The van der Waals surface area contributed by atoms with Crippen LogP contribution in [0.15, 0.2) is 24.3 Å². The van der Waals surface area contributed by atoms with E-state index >= 15 is 0 Å². The second-order valence-corrected chi connectivity index (χ2v) is 7.91. The maximum absolute atomic E-state index is 11.6. The van der Waals surface area contributed by atoms with Gasteiger partial charge in [0.2, 0.25) is 0 Å². The molecule has 2 aromatic rings. The highest BCUT2D eigenvalue weighted by Gasteiger charge is 2.09. The summed E-state index contributed by atoms with van der Waals surface area (Å²) in [5.41, 5.74) is 0. The summed E-state index contributed by atoms with van der Waals surface area (Å²) in [4.78, 5) is 15.6. The maximum atomic E-state index is 11.6. The lowest BCUT2D eigenvalue weighted by Gasteiger charge is -2.04. The second kappa shape index (κ2) is 9.00. The number of ether oxygens (including phenoxy) is 1. The Hall–Kier alpha value is -1.65. The molecule has 0 radical (unpaired) electrons. The summed E-state index contributed by atoms with van der Waals surface area (Å²) in [6.07, 6.45) is -0.574. The van der Waals surface area contributed by atoms with Gasteiger partial charge in [0.05, 0.1) is 11.5 Å². The Labute approximate surface area is 149 Å². The molecule has 0 aliphatic rings. The van der Waals surface area contributed by atoms with Gasteiger partial charge >= 0.3 is 5.97 Å². The van der Waals surface area contributed by atoms with Crippen molar-refractivity contribution in [1.29, 1.82) is 0 Å². The van der Waals surface area contributed by atoms with Crippen LogP contribution >= 0.6 is 22.7 Å². The molecule has 0 aliphatic heterocycles. The highest BCUT2D eigenvalue weighted by Crippen LogP contribution is 2.33. The van der Waals surface area contributed by atoms with Crippen LogP contribution in [0, 0.1) is 17.8 Å². The Kier molecular flexibility index (Phi) is 7.00. The fraction of sp³-hybridized carbons (Fsp3) is 0.389. The van der Waals surface area contributed by atoms with Crippen molar-refractivity contribution in [1.82, 2.24) is 0 Å². The van der Waals surface area contributed by atoms with E-state index in [0.29, 0.717) is 18.9 Å². The smallest absolute Gasteiger partial charge is 0.306 e. The molecule has 0 aromatic carbocycles. The predicted octanol–water partition coefficient (Wildman–Crippen LogP) is 3.27. The molecule has 4 nitrogen and oxygen atoms in total. The van der Waals surface area contributed by atoms with E-state index in [-0.39, 0.29) is 12.6 Å². The van der Waals surface area contributed by atoms with Crippen molar-refractivity contribution in [3.8, 4) is 21.6 Å². The zero-order chi connectivity index (χ0) is 17.5. The Morgan fingerprint density at radius 2 is 1.92 bits per heavy atom. The normalized spacial score (nSPS) is 11.9. The number of carbonyl (C=O) groups excluding carboxylic acids is 1. The van der Waals surface area contributed by atoms with Crippen molar-refractivity contribution in [2.45, 2.75) is 33.0 Å². The molecule has 2 aromatic heterocycles. The first kappa shape index (κ1) is 18.7. The van der Waals surface area contributed by atoms with Gasteiger partial charge in [0, 0.05) is 21.1 Å². The second-order valence-electron chi connectivity index (χ2n) is 5.66. The molecule has 0 bridgehead atoms. The Morgan fingerprint density at radius 3 is 2.62 bits per heavy atom. The molecule has 1 atom stereocenters. The molecular weight excluding hydrogens is 344 g/mol. The lowest BCUT2D eigenvalue weighted by atomic mass is 10.1. The minimum absolute atomic E-state index is 0.170. The van der Waals surface area contributed by atoms with E-state index in [1.807, 2.05) is 38.1 Å². The standard InChI is InChI=1S/C18H20O4S2/c1-12(2)9-18(21)22-11-15-6-8-17(24-15)16-7-5-14(23-16)4-3-13(20)10-19/h5-8,12-13,19-20H,9-11H2,1-2H3. The van der Waals surface area contributed by atoms with Crippen molar-refractivity contribution in [3.05, 3.63) is 34.0 Å². The van der Waals surface area contributed by atoms with Gasteiger partial charge in [-0.3, -0.25) is 4.79 Å². The number of aliphatic hydroxyl groups is 2. The Morgan fingerprint density at radius 1 is 1.21 bits per heavy atom. The first-order valence-corrected chi connectivity index (χ1v) is 9.26. The Bertz CT molecular complexity index is 734. The number of thiophene rings is 2. The van der Waals surface area contributed by atoms with Gasteiger partial charge in [-0.15, -0.1) is 22.7 Å². The summed E-state index contributed by atoms with van der Waals surface area (Å²) < 4.78 is 5.27. The first-order chi connectivity index (χ1) is 11.5. The molecule has 0 saturated carbocycles. The van der Waals surface area contributed by atoms with E-state index in [1.165, 1.54) is 11.3 Å². The van der Waals surface area contributed by atoms with Crippen LogP contribution in [-0.4, -0.2) is 28.9 Å². The van der Waals surface area contributed by atoms with Crippen molar-refractivity contribution in [3.63, 3.8) is 0 Å². The highest BCUT2D eigenvalue weighted by atomic mass is 32.1. The average Bonchev–Trinajstić information content (AvgIpc) is 3.18. The molecule has 0 aliphatic carbocycles. The van der Waals surface area contributed by atoms with Crippen LogP contribution in [0.25, 0.3) is 9.75 Å². The van der Waals surface area contributed by atoms with Gasteiger partial charge < -0.3 is 14.9 Å². The topological polar surface area (TPSA) is 66.8 Å². The van der Waals surface area contributed by atoms with Gasteiger partial charge in [0.25, 0.3) is 0 Å². The molecule has 2 rings (SSSR count). The van der Waals surface area contributed by atoms with E-state index in [1.54, 1.807) is 11.3 Å². The van der Waals surface area contributed by atoms with Crippen LogP contribution in [0.5, 0.6) is 0 Å². The molecule has 2 heterocycles. The molecular formula is C18H20O4S2. The monoisotopic (exact) mass is 364 g/mol. The number of hydrogen-bond donors (Lipinski definition) is 2. The zero-order valence-electron chi connectivity index (χ0n) is 13.6. The number of rotatable bonds is 6. The van der Waals surface area contributed by atoms with Gasteiger partial charge in [-0.05, 0) is 30.2 Å². The summed E-state index contributed by atoms with van der Waals surface area (Å²) in [6, 6.07) is 7.82. The SMILES string of the molecule is CC(C)CC(=O)OCc1ccc(-c2ccc(C#CC(O)CO)s2)s1. The third-order valence-corrected chi connectivity index (χ3v) is 5.25. The fourth-order valence-corrected chi connectivity index (χ4v) is 3.75. The highest BCUT2D eigenvalue weighted by molar-refractivity contribution is 7.22. The summed E-state index contributed by atoms with van der Waals surface area (Å²) in [5.74, 6) is 5.55. The maximum Gasteiger partial charge on any atom is 0.306 e. The minimum Gasteiger partial charge on any atom is -0.460 e. The first-order valence-electron chi connectivity index (χ1n) is 7.63. The van der Waals surface area contributed by atoms with Crippen molar-refractivity contribution in [2.24, 2.45) is 5.92 Å². The fourth-order valence-electron chi connectivity index (χ4n) is 1.87. The number of hydrogen-bond acceptors (Lipinski definition) is 6. The van der Waals surface area contributed by atoms with Gasteiger partial charge in [-0.2, -0.15) is 0 Å². The molecule has 1 unspecified atom stereocenters. The summed E-state index contributed by atoms with van der Waals surface area (Å²) >= 11 is 3.11. The molecule has 0 saturated heterocycles.